The number of rotatable bonds is 4. The zero-order valence-electron chi connectivity index (χ0n) is 16.1. The fourth-order valence-corrected chi connectivity index (χ4v) is 3.38. The van der Waals surface area contributed by atoms with Crippen molar-refractivity contribution in [3.63, 3.8) is 0 Å². The molecule has 0 aromatic heterocycles. The van der Waals surface area contributed by atoms with Crippen molar-refractivity contribution in [3.8, 4) is 0 Å². The van der Waals surface area contributed by atoms with Gasteiger partial charge in [-0.3, -0.25) is 4.79 Å². The van der Waals surface area contributed by atoms with Crippen LogP contribution in [0.1, 0.15) is 54.6 Å². The van der Waals surface area contributed by atoms with Crippen LogP contribution in [0.3, 0.4) is 0 Å². The van der Waals surface area contributed by atoms with Gasteiger partial charge in [-0.2, -0.15) is 0 Å². The monoisotopic (exact) mass is 383 g/mol. The highest BCUT2D eigenvalue weighted by atomic mass is 19.1. The molecule has 1 fully saturated rings. The molecule has 0 spiro atoms. The molecule has 0 bridgehead atoms. The lowest BCUT2D eigenvalue weighted by atomic mass is 10.1. The predicted molar refractivity (Wildman–Crippen MR) is 108 cm³/mol. The molecule has 0 aliphatic carbocycles. The van der Waals surface area contributed by atoms with Crippen molar-refractivity contribution in [1.29, 1.82) is 0 Å². The van der Waals surface area contributed by atoms with Crippen LogP contribution in [0.15, 0.2) is 48.5 Å². The molecule has 2 N–H and O–H groups in total. The summed E-state index contributed by atoms with van der Waals surface area (Å²) in [5.74, 6) is -0.308. The second-order valence-corrected chi connectivity index (χ2v) is 7.16. The number of nitrogens with one attached hydrogen (secondary N) is 2. The van der Waals surface area contributed by atoms with Crippen LogP contribution in [0.25, 0.3) is 0 Å². The Hall–Kier alpha value is -2.89. The molecule has 1 heterocycles. The number of carbonyl (C=O) groups excluding carboxylic acids is 2. The first-order valence-corrected chi connectivity index (χ1v) is 9.75. The number of likely N-dealkylation sites (tertiary alicyclic amines) is 1. The third kappa shape index (κ3) is 5.31. The molecule has 1 aliphatic heterocycles. The van der Waals surface area contributed by atoms with E-state index in [1.807, 2.05) is 11.8 Å². The minimum absolute atomic E-state index is 0.00522. The van der Waals surface area contributed by atoms with E-state index in [0.29, 0.717) is 11.3 Å². The molecule has 5 nitrogen and oxygen atoms in total. The van der Waals surface area contributed by atoms with E-state index in [1.165, 1.54) is 12.1 Å². The summed E-state index contributed by atoms with van der Waals surface area (Å²) in [5.41, 5.74) is 1.94. The van der Waals surface area contributed by atoms with Crippen LogP contribution >= 0.6 is 0 Å². The Balaban J connectivity index is 1.61. The summed E-state index contributed by atoms with van der Waals surface area (Å²) >= 11 is 0. The first-order chi connectivity index (χ1) is 13.5. The summed E-state index contributed by atoms with van der Waals surface area (Å²) in [5, 5.41) is 5.59. The summed E-state index contributed by atoms with van der Waals surface area (Å²) in [6.07, 6.45) is 4.40. The highest BCUT2D eigenvalue weighted by Crippen LogP contribution is 2.17. The Morgan fingerprint density at radius 3 is 2.36 bits per heavy atom. The molecule has 2 aromatic rings. The molecule has 0 saturated carbocycles. The topological polar surface area (TPSA) is 61.4 Å². The van der Waals surface area contributed by atoms with Crippen LogP contribution in [0.2, 0.25) is 0 Å². The number of benzene rings is 2. The average Bonchev–Trinajstić information content (AvgIpc) is 2.97. The summed E-state index contributed by atoms with van der Waals surface area (Å²) in [6.45, 7) is 3.39. The predicted octanol–water partition coefficient (Wildman–Crippen LogP) is 4.72. The minimum Gasteiger partial charge on any atom is -0.339 e. The lowest BCUT2D eigenvalue weighted by Gasteiger charge is -2.20. The van der Waals surface area contributed by atoms with Gasteiger partial charge in [-0.05, 0) is 55.7 Å². The third-order valence-electron chi connectivity index (χ3n) is 4.98. The smallest absolute Gasteiger partial charge is 0.319 e. The number of carbonyl (C=O) groups is 2. The van der Waals surface area contributed by atoms with E-state index in [2.05, 4.69) is 10.6 Å². The summed E-state index contributed by atoms with van der Waals surface area (Å²) in [6, 6.07) is 12.4. The van der Waals surface area contributed by atoms with Crippen molar-refractivity contribution in [3.05, 3.63) is 65.5 Å². The average molecular weight is 383 g/mol. The maximum Gasteiger partial charge on any atom is 0.319 e. The van der Waals surface area contributed by atoms with E-state index in [0.717, 1.165) is 44.3 Å². The van der Waals surface area contributed by atoms with Crippen molar-refractivity contribution >= 4 is 17.6 Å². The fraction of sp³-hybridized carbons (Fsp3) is 0.364. The second-order valence-electron chi connectivity index (χ2n) is 7.16. The Kier molecular flexibility index (Phi) is 6.63. The van der Waals surface area contributed by atoms with E-state index < -0.39 is 0 Å². The minimum atomic E-state index is -0.379. The molecular weight excluding hydrogens is 357 g/mol. The number of hydrogen-bond acceptors (Lipinski definition) is 2. The van der Waals surface area contributed by atoms with Gasteiger partial charge in [0, 0.05) is 24.3 Å². The van der Waals surface area contributed by atoms with E-state index in [-0.39, 0.29) is 23.8 Å². The first-order valence-electron chi connectivity index (χ1n) is 9.75. The van der Waals surface area contributed by atoms with Crippen molar-refractivity contribution < 1.29 is 14.0 Å². The van der Waals surface area contributed by atoms with Crippen molar-refractivity contribution in [2.24, 2.45) is 0 Å². The van der Waals surface area contributed by atoms with Crippen molar-refractivity contribution in [1.82, 2.24) is 10.2 Å². The number of urea groups is 1. The van der Waals surface area contributed by atoms with Crippen molar-refractivity contribution in [2.45, 2.75) is 38.6 Å². The SMILES string of the molecule is C[C@@H](NC(=O)Nc1cccc(C(=O)N2CCCCCC2)c1)c1ccc(F)cc1. The Morgan fingerprint density at radius 1 is 1.00 bits per heavy atom. The van der Waals surface area contributed by atoms with Gasteiger partial charge in [-0.1, -0.05) is 31.0 Å². The van der Waals surface area contributed by atoms with E-state index >= 15 is 0 Å². The molecule has 148 valence electrons. The largest absolute Gasteiger partial charge is 0.339 e. The molecule has 0 radical (unpaired) electrons. The van der Waals surface area contributed by atoms with Crippen LogP contribution in [0.5, 0.6) is 0 Å². The molecule has 2 aromatic carbocycles. The van der Waals surface area contributed by atoms with Crippen LogP contribution in [-0.4, -0.2) is 29.9 Å². The maximum absolute atomic E-state index is 13.0. The molecule has 3 amide bonds. The maximum atomic E-state index is 13.0. The van der Waals surface area contributed by atoms with Gasteiger partial charge in [0.05, 0.1) is 6.04 Å². The third-order valence-corrected chi connectivity index (χ3v) is 4.98. The van der Waals surface area contributed by atoms with E-state index in [1.54, 1.807) is 36.4 Å². The van der Waals surface area contributed by atoms with Gasteiger partial charge in [0.2, 0.25) is 0 Å². The van der Waals surface area contributed by atoms with Crippen LogP contribution in [-0.2, 0) is 0 Å². The lowest BCUT2D eigenvalue weighted by Crippen LogP contribution is -2.32. The number of amides is 3. The molecule has 1 aliphatic rings. The summed E-state index contributed by atoms with van der Waals surface area (Å²) < 4.78 is 13.0. The normalized spacial score (nSPS) is 15.4. The van der Waals surface area contributed by atoms with Gasteiger partial charge >= 0.3 is 6.03 Å². The second kappa shape index (κ2) is 9.35. The molecule has 1 atom stereocenters. The Labute approximate surface area is 164 Å². The molecule has 3 rings (SSSR count). The first kappa shape index (κ1) is 19.9. The lowest BCUT2D eigenvalue weighted by molar-refractivity contribution is 0.0761. The van der Waals surface area contributed by atoms with Crippen molar-refractivity contribution in [2.75, 3.05) is 18.4 Å². The highest BCUT2D eigenvalue weighted by Gasteiger charge is 2.18. The van der Waals surface area contributed by atoms with Gasteiger partial charge in [-0.15, -0.1) is 0 Å². The zero-order valence-corrected chi connectivity index (χ0v) is 16.1. The molecule has 0 unspecified atom stereocenters. The zero-order chi connectivity index (χ0) is 19.9. The Bertz CT molecular complexity index is 815. The fourth-order valence-electron chi connectivity index (χ4n) is 3.38. The van der Waals surface area contributed by atoms with Gasteiger partial charge in [-0.25, -0.2) is 9.18 Å². The Morgan fingerprint density at radius 2 is 1.68 bits per heavy atom. The van der Waals surface area contributed by atoms with Gasteiger partial charge in [0.15, 0.2) is 0 Å². The number of hydrogen-bond donors (Lipinski definition) is 2. The van der Waals surface area contributed by atoms with Gasteiger partial charge < -0.3 is 15.5 Å². The van der Waals surface area contributed by atoms with Crippen LogP contribution in [0.4, 0.5) is 14.9 Å². The van der Waals surface area contributed by atoms with E-state index in [4.69, 9.17) is 0 Å². The summed E-state index contributed by atoms with van der Waals surface area (Å²) in [7, 11) is 0. The standard InChI is InChI=1S/C22H26FN3O2/c1-16(17-9-11-19(23)12-10-17)24-22(28)25-20-8-6-7-18(15-20)21(27)26-13-4-2-3-5-14-26/h6-12,15-16H,2-5,13-14H2,1H3,(H2,24,25,28)/t16-/m1/s1. The molecular formula is C22H26FN3O2. The van der Waals surface area contributed by atoms with Crippen LogP contribution < -0.4 is 10.6 Å². The number of halogens is 1. The molecule has 1 saturated heterocycles. The van der Waals surface area contributed by atoms with E-state index in [9.17, 15) is 14.0 Å². The quantitative estimate of drug-likeness (QED) is 0.802. The highest BCUT2D eigenvalue weighted by molar-refractivity contribution is 5.97. The number of anilines is 1. The van der Waals surface area contributed by atoms with Gasteiger partial charge in [0.1, 0.15) is 5.82 Å². The van der Waals surface area contributed by atoms with Gasteiger partial charge in [0.25, 0.3) is 5.91 Å². The van der Waals surface area contributed by atoms with Crippen LogP contribution in [0, 0.1) is 5.82 Å². The summed E-state index contributed by atoms with van der Waals surface area (Å²) in [4.78, 5) is 26.9. The molecule has 6 heteroatoms. The number of nitrogens with zero attached hydrogens (tertiary/aromatic N) is 1. The molecule has 28 heavy (non-hydrogen) atoms.